The number of nitrogens with one attached hydrogen (secondary N) is 2. The Morgan fingerprint density at radius 3 is 2.85 bits per heavy atom. The Morgan fingerprint density at radius 2 is 2.07 bits per heavy atom. The summed E-state index contributed by atoms with van der Waals surface area (Å²) >= 11 is 0. The van der Waals surface area contributed by atoms with Crippen LogP contribution in [0.4, 0.5) is 0 Å². The Morgan fingerprint density at radius 1 is 1.22 bits per heavy atom. The molecule has 0 spiro atoms. The average molecular weight is 386 g/mol. The predicted octanol–water partition coefficient (Wildman–Crippen LogP) is 0.790. The average Bonchev–Trinajstić information content (AvgIpc) is 3.21. The van der Waals surface area contributed by atoms with E-state index in [1.54, 1.807) is 36.4 Å². The van der Waals surface area contributed by atoms with Crippen molar-refractivity contribution < 1.29 is 12.8 Å². The summed E-state index contributed by atoms with van der Waals surface area (Å²) in [5, 5.41) is 4.33. The number of aromatic amines is 1. The zero-order valence-corrected chi connectivity index (χ0v) is 14.9. The summed E-state index contributed by atoms with van der Waals surface area (Å²) in [6.45, 7) is 0.0338. The van der Waals surface area contributed by atoms with Gasteiger partial charge in [-0.3, -0.25) is 19.6 Å². The van der Waals surface area contributed by atoms with Crippen LogP contribution in [-0.4, -0.2) is 33.2 Å². The normalized spacial score (nSPS) is 11.9. The zero-order valence-electron chi connectivity index (χ0n) is 14.1. The first-order valence-electron chi connectivity index (χ1n) is 7.84. The number of rotatable bonds is 5. The number of hydrogen-bond donors (Lipinski definition) is 2. The standard InChI is InChI=1S/C16H14N6O4S/c1-22-10(6-12(21-22)14-9-17-4-5-18-14)8-19-27(24,25)11-2-3-15-13(7-11)20-16(23)26-15/h2-7,9,19H,8H2,1H3,(H,20,23). The lowest BCUT2D eigenvalue weighted by Gasteiger charge is -2.06. The molecule has 11 heteroatoms. The predicted molar refractivity (Wildman–Crippen MR) is 95.1 cm³/mol. The maximum Gasteiger partial charge on any atom is 0.417 e. The van der Waals surface area contributed by atoms with Gasteiger partial charge in [-0.05, 0) is 24.3 Å². The SMILES string of the molecule is Cn1nc(-c2cnccn2)cc1CNS(=O)(=O)c1ccc2oc(=O)[nH]c2c1. The summed E-state index contributed by atoms with van der Waals surface area (Å²) < 4.78 is 34.1. The molecule has 4 aromatic rings. The number of sulfonamides is 1. The highest BCUT2D eigenvalue weighted by Gasteiger charge is 2.17. The third-order valence-corrected chi connectivity index (χ3v) is 5.35. The topological polar surface area (TPSA) is 136 Å². The number of H-pyrrole nitrogens is 1. The Hall–Kier alpha value is -3.31. The van der Waals surface area contributed by atoms with Crippen molar-refractivity contribution in [3.05, 3.63) is 59.1 Å². The minimum Gasteiger partial charge on any atom is -0.408 e. The maximum absolute atomic E-state index is 12.6. The second-order valence-electron chi connectivity index (χ2n) is 5.73. The van der Waals surface area contributed by atoms with Gasteiger partial charge < -0.3 is 4.42 Å². The molecule has 0 radical (unpaired) electrons. The van der Waals surface area contributed by atoms with Crippen LogP contribution in [0.5, 0.6) is 0 Å². The monoisotopic (exact) mass is 386 g/mol. The fourth-order valence-corrected chi connectivity index (χ4v) is 3.60. The van der Waals surface area contributed by atoms with E-state index in [0.717, 1.165) is 0 Å². The van der Waals surface area contributed by atoms with Gasteiger partial charge in [-0.2, -0.15) is 5.10 Å². The van der Waals surface area contributed by atoms with Gasteiger partial charge in [-0.25, -0.2) is 17.9 Å². The molecule has 0 aliphatic rings. The molecule has 0 fully saturated rings. The van der Waals surface area contributed by atoms with Crippen molar-refractivity contribution in [2.45, 2.75) is 11.4 Å². The van der Waals surface area contributed by atoms with Gasteiger partial charge in [0, 0.05) is 19.4 Å². The molecule has 27 heavy (non-hydrogen) atoms. The largest absolute Gasteiger partial charge is 0.417 e. The minimum absolute atomic E-state index is 0.0170. The molecule has 0 aliphatic carbocycles. The third kappa shape index (κ3) is 3.37. The molecule has 2 N–H and O–H groups in total. The van der Waals surface area contributed by atoms with Gasteiger partial charge in [0.15, 0.2) is 5.58 Å². The van der Waals surface area contributed by atoms with Gasteiger partial charge in [-0.15, -0.1) is 0 Å². The first kappa shape index (κ1) is 17.1. The van der Waals surface area contributed by atoms with E-state index in [0.29, 0.717) is 28.2 Å². The van der Waals surface area contributed by atoms with Crippen LogP contribution < -0.4 is 10.5 Å². The molecule has 0 saturated heterocycles. The summed E-state index contributed by atoms with van der Waals surface area (Å²) in [5.41, 5.74) is 2.44. The Kier molecular flexibility index (Phi) is 4.09. The second-order valence-corrected chi connectivity index (χ2v) is 7.50. The van der Waals surface area contributed by atoms with E-state index >= 15 is 0 Å². The van der Waals surface area contributed by atoms with E-state index in [4.69, 9.17) is 4.42 Å². The van der Waals surface area contributed by atoms with Crippen molar-refractivity contribution in [1.82, 2.24) is 29.5 Å². The van der Waals surface area contributed by atoms with Crippen LogP contribution in [0, 0.1) is 0 Å². The number of oxazole rings is 1. The molecule has 0 bridgehead atoms. The number of benzene rings is 1. The summed E-state index contributed by atoms with van der Waals surface area (Å²) in [5.74, 6) is -0.640. The number of fused-ring (bicyclic) bond motifs is 1. The quantitative estimate of drug-likeness (QED) is 0.517. The fraction of sp³-hybridized carbons (Fsp3) is 0.125. The van der Waals surface area contributed by atoms with E-state index in [9.17, 15) is 13.2 Å². The molecule has 0 atom stereocenters. The fourth-order valence-electron chi connectivity index (χ4n) is 2.58. The van der Waals surface area contributed by atoms with E-state index < -0.39 is 15.8 Å². The van der Waals surface area contributed by atoms with Crippen LogP contribution >= 0.6 is 0 Å². The number of hydrogen-bond acceptors (Lipinski definition) is 7. The molecule has 3 heterocycles. The van der Waals surface area contributed by atoms with Crippen molar-refractivity contribution in [2.75, 3.05) is 0 Å². The van der Waals surface area contributed by atoms with Crippen molar-refractivity contribution in [3.63, 3.8) is 0 Å². The molecule has 1 aromatic carbocycles. The minimum atomic E-state index is -3.80. The molecule has 138 valence electrons. The summed E-state index contributed by atoms with van der Waals surface area (Å²) in [7, 11) is -2.08. The van der Waals surface area contributed by atoms with Crippen molar-refractivity contribution in [3.8, 4) is 11.4 Å². The van der Waals surface area contributed by atoms with Crippen LogP contribution in [0.25, 0.3) is 22.5 Å². The lowest BCUT2D eigenvalue weighted by molar-refractivity contribution is 0.555. The second kappa shape index (κ2) is 6.45. The summed E-state index contributed by atoms with van der Waals surface area (Å²) in [4.78, 5) is 21.8. The van der Waals surface area contributed by atoms with E-state index in [1.807, 2.05) is 0 Å². The number of nitrogens with zero attached hydrogens (tertiary/aromatic N) is 4. The van der Waals surface area contributed by atoms with E-state index in [1.165, 1.54) is 18.2 Å². The lowest BCUT2D eigenvalue weighted by Crippen LogP contribution is -2.24. The first-order chi connectivity index (χ1) is 12.9. The van der Waals surface area contributed by atoms with Crippen LogP contribution in [0.1, 0.15) is 5.69 Å². The lowest BCUT2D eigenvalue weighted by atomic mass is 10.3. The Bertz CT molecular complexity index is 1270. The van der Waals surface area contributed by atoms with Gasteiger partial charge in [0.1, 0.15) is 11.4 Å². The highest BCUT2D eigenvalue weighted by molar-refractivity contribution is 7.89. The van der Waals surface area contributed by atoms with Crippen LogP contribution in [0.2, 0.25) is 0 Å². The van der Waals surface area contributed by atoms with Crippen LogP contribution in [0.15, 0.2) is 57.0 Å². The third-order valence-electron chi connectivity index (χ3n) is 3.95. The van der Waals surface area contributed by atoms with Crippen molar-refractivity contribution >= 4 is 21.1 Å². The highest BCUT2D eigenvalue weighted by Crippen LogP contribution is 2.18. The smallest absolute Gasteiger partial charge is 0.408 e. The van der Waals surface area contributed by atoms with Gasteiger partial charge in [0.25, 0.3) is 0 Å². The molecule has 3 aromatic heterocycles. The van der Waals surface area contributed by atoms with Crippen molar-refractivity contribution in [2.24, 2.45) is 7.05 Å². The summed E-state index contributed by atoms with van der Waals surface area (Å²) in [6.07, 6.45) is 4.70. The molecule has 0 unspecified atom stereocenters. The van der Waals surface area contributed by atoms with Gasteiger partial charge in [-0.1, -0.05) is 0 Å². The van der Waals surface area contributed by atoms with Gasteiger partial charge >= 0.3 is 5.76 Å². The van der Waals surface area contributed by atoms with Crippen LogP contribution in [0.3, 0.4) is 0 Å². The Balaban J connectivity index is 1.56. The highest BCUT2D eigenvalue weighted by atomic mass is 32.2. The molecule has 0 aliphatic heterocycles. The molecule has 0 saturated carbocycles. The van der Waals surface area contributed by atoms with Crippen molar-refractivity contribution in [1.29, 1.82) is 0 Å². The number of aryl methyl sites for hydroxylation is 1. The van der Waals surface area contributed by atoms with E-state index in [2.05, 4.69) is 24.8 Å². The van der Waals surface area contributed by atoms with E-state index in [-0.39, 0.29) is 11.4 Å². The molecular formula is C16H14N6O4S. The van der Waals surface area contributed by atoms with Gasteiger partial charge in [0.05, 0.1) is 28.8 Å². The zero-order chi connectivity index (χ0) is 19.0. The number of aromatic nitrogens is 5. The molecule has 4 rings (SSSR count). The molecular weight excluding hydrogens is 372 g/mol. The van der Waals surface area contributed by atoms with Crippen LogP contribution in [-0.2, 0) is 23.6 Å². The molecule has 0 amide bonds. The summed E-state index contributed by atoms with van der Waals surface area (Å²) in [6, 6.07) is 5.88. The molecule has 10 nitrogen and oxygen atoms in total. The Labute approximate surface area is 152 Å². The maximum atomic E-state index is 12.6. The first-order valence-corrected chi connectivity index (χ1v) is 9.32. The van der Waals surface area contributed by atoms with Gasteiger partial charge in [0.2, 0.25) is 10.0 Å².